The lowest BCUT2D eigenvalue weighted by atomic mass is 10.1. The molecule has 0 aliphatic carbocycles. The first-order valence-corrected chi connectivity index (χ1v) is 9.22. The molecular formula is C21H24N2O5. The minimum Gasteiger partial charge on any atom is -0.492 e. The summed E-state index contributed by atoms with van der Waals surface area (Å²) in [6, 6.07) is 10.6. The van der Waals surface area contributed by atoms with E-state index in [-0.39, 0.29) is 24.5 Å². The number of ether oxygens (including phenoxy) is 3. The van der Waals surface area contributed by atoms with E-state index in [1.165, 1.54) is 6.92 Å². The molecule has 1 aliphatic heterocycles. The normalized spacial score (nSPS) is 14.6. The van der Waals surface area contributed by atoms with Crippen LogP contribution in [0.1, 0.15) is 26.3 Å². The second-order valence-corrected chi connectivity index (χ2v) is 6.54. The maximum Gasteiger partial charge on any atom is 0.262 e. The van der Waals surface area contributed by atoms with Crippen LogP contribution in [0.3, 0.4) is 0 Å². The highest BCUT2D eigenvalue weighted by atomic mass is 16.5. The van der Waals surface area contributed by atoms with Crippen LogP contribution in [0.15, 0.2) is 36.4 Å². The molecule has 2 aromatic carbocycles. The molecule has 7 heteroatoms. The minimum atomic E-state index is -0.343. The molecule has 2 aromatic rings. The summed E-state index contributed by atoms with van der Waals surface area (Å²) in [5, 5.41) is 5.49. The molecule has 0 saturated carbocycles. The van der Waals surface area contributed by atoms with Crippen molar-refractivity contribution in [3.8, 4) is 17.2 Å². The van der Waals surface area contributed by atoms with Crippen molar-refractivity contribution in [2.45, 2.75) is 33.3 Å². The van der Waals surface area contributed by atoms with Crippen molar-refractivity contribution >= 4 is 23.2 Å². The molecule has 1 unspecified atom stereocenters. The molecule has 7 nitrogen and oxygen atoms in total. The molecule has 1 atom stereocenters. The van der Waals surface area contributed by atoms with Gasteiger partial charge in [-0.05, 0) is 32.0 Å². The van der Waals surface area contributed by atoms with E-state index < -0.39 is 0 Å². The number of anilines is 2. The Labute approximate surface area is 164 Å². The van der Waals surface area contributed by atoms with E-state index in [2.05, 4.69) is 10.6 Å². The van der Waals surface area contributed by atoms with Crippen LogP contribution in [0.5, 0.6) is 17.2 Å². The summed E-state index contributed by atoms with van der Waals surface area (Å²) >= 11 is 0. The van der Waals surface area contributed by atoms with Gasteiger partial charge in [0.15, 0.2) is 6.61 Å². The third-order valence-electron chi connectivity index (χ3n) is 4.13. The molecule has 2 amide bonds. The number of fused-ring (bicyclic) bond motifs is 1. The van der Waals surface area contributed by atoms with E-state index in [0.717, 1.165) is 17.7 Å². The van der Waals surface area contributed by atoms with Gasteiger partial charge in [0, 0.05) is 25.0 Å². The summed E-state index contributed by atoms with van der Waals surface area (Å²) in [7, 11) is 0. The van der Waals surface area contributed by atoms with Gasteiger partial charge in [0.05, 0.1) is 18.0 Å². The van der Waals surface area contributed by atoms with Crippen molar-refractivity contribution in [1.82, 2.24) is 0 Å². The van der Waals surface area contributed by atoms with Gasteiger partial charge in [-0.2, -0.15) is 0 Å². The van der Waals surface area contributed by atoms with Crippen LogP contribution in [-0.2, 0) is 16.0 Å². The molecule has 0 aromatic heterocycles. The first kappa shape index (κ1) is 19.5. The van der Waals surface area contributed by atoms with Crippen LogP contribution >= 0.6 is 0 Å². The quantitative estimate of drug-likeness (QED) is 0.764. The third kappa shape index (κ3) is 4.73. The fraction of sp³-hybridized carbons (Fsp3) is 0.333. The standard InChI is InChI=1S/C21H24N2O5/c1-4-26-20-10-15-9-13(2)28-19(15)11-17(20)23-21(25)12-27-18-8-6-5-7-16(18)22-14(3)24/h5-8,10-11,13H,4,9,12H2,1-3H3,(H,22,24)(H,23,25). The lowest BCUT2D eigenvalue weighted by molar-refractivity contribution is -0.118. The lowest BCUT2D eigenvalue weighted by Gasteiger charge is -2.15. The fourth-order valence-corrected chi connectivity index (χ4v) is 3.03. The van der Waals surface area contributed by atoms with Crippen LogP contribution < -0.4 is 24.8 Å². The number of rotatable bonds is 7. The van der Waals surface area contributed by atoms with E-state index in [9.17, 15) is 9.59 Å². The van der Waals surface area contributed by atoms with E-state index >= 15 is 0 Å². The minimum absolute atomic E-state index is 0.101. The topological polar surface area (TPSA) is 85.9 Å². The summed E-state index contributed by atoms with van der Waals surface area (Å²) in [6.45, 7) is 5.57. The Morgan fingerprint density at radius 1 is 1.11 bits per heavy atom. The second-order valence-electron chi connectivity index (χ2n) is 6.54. The number of hydrogen-bond acceptors (Lipinski definition) is 5. The zero-order valence-electron chi connectivity index (χ0n) is 16.2. The van der Waals surface area contributed by atoms with E-state index in [1.54, 1.807) is 30.3 Å². The Bertz CT molecular complexity index is 881. The van der Waals surface area contributed by atoms with Gasteiger partial charge in [-0.1, -0.05) is 12.1 Å². The van der Waals surface area contributed by atoms with Crippen LogP contribution in [-0.4, -0.2) is 31.1 Å². The molecule has 1 aliphatic rings. The Kier molecular flexibility index (Phi) is 6.03. The number of benzene rings is 2. The first-order valence-electron chi connectivity index (χ1n) is 9.22. The number of para-hydroxylation sites is 2. The molecule has 0 bridgehead atoms. The number of amides is 2. The van der Waals surface area contributed by atoms with Crippen LogP contribution in [0.2, 0.25) is 0 Å². The molecule has 3 rings (SSSR count). The average Bonchev–Trinajstić information content (AvgIpc) is 3.00. The summed E-state index contributed by atoms with van der Waals surface area (Å²) in [5.41, 5.74) is 2.12. The van der Waals surface area contributed by atoms with E-state index in [1.807, 2.05) is 19.9 Å². The second kappa shape index (κ2) is 8.65. The Balaban J connectivity index is 1.69. The van der Waals surface area contributed by atoms with Gasteiger partial charge in [0.2, 0.25) is 5.91 Å². The molecule has 148 valence electrons. The smallest absolute Gasteiger partial charge is 0.262 e. The van der Waals surface area contributed by atoms with Gasteiger partial charge in [-0.15, -0.1) is 0 Å². The molecular weight excluding hydrogens is 360 g/mol. The van der Waals surface area contributed by atoms with Crippen molar-refractivity contribution in [2.24, 2.45) is 0 Å². The van der Waals surface area contributed by atoms with E-state index in [4.69, 9.17) is 14.2 Å². The number of nitrogens with one attached hydrogen (secondary N) is 2. The van der Waals surface area contributed by atoms with Crippen molar-refractivity contribution < 1.29 is 23.8 Å². The Morgan fingerprint density at radius 2 is 1.89 bits per heavy atom. The summed E-state index contributed by atoms with van der Waals surface area (Å²) < 4.78 is 17.0. The maximum absolute atomic E-state index is 12.4. The van der Waals surface area contributed by atoms with Crippen molar-refractivity contribution in [1.29, 1.82) is 0 Å². The summed E-state index contributed by atoms with van der Waals surface area (Å²) in [5.74, 6) is 1.22. The number of carbonyl (C=O) groups excluding carboxylic acids is 2. The highest BCUT2D eigenvalue weighted by Gasteiger charge is 2.22. The molecule has 0 saturated heterocycles. The predicted octanol–water partition coefficient (Wildman–Crippen LogP) is 3.38. The summed E-state index contributed by atoms with van der Waals surface area (Å²) in [6.07, 6.45) is 0.913. The highest BCUT2D eigenvalue weighted by molar-refractivity contribution is 5.94. The molecule has 2 N–H and O–H groups in total. The molecule has 0 radical (unpaired) electrons. The number of carbonyl (C=O) groups is 2. The van der Waals surface area contributed by atoms with Crippen molar-refractivity contribution in [2.75, 3.05) is 23.8 Å². The Morgan fingerprint density at radius 3 is 2.64 bits per heavy atom. The fourth-order valence-electron chi connectivity index (χ4n) is 3.03. The average molecular weight is 384 g/mol. The van der Waals surface area contributed by atoms with E-state index in [0.29, 0.717) is 29.5 Å². The van der Waals surface area contributed by atoms with Crippen molar-refractivity contribution in [3.05, 3.63) is 42.0 Å². The molecule has 1 heterocycles. The van der Waals surface area contributed by atoms with Gasteiger partial charge in [0.1, 0.15) is 23.4 Å². The highest BCUT2D eigenvalue weighted by Crippen LogP contribution is 2.38. The SMILES string of the molecule is CCOc1cc2c(cc1NC(=O)COc1ccccc1NC(C)=O)OC(C)C2. The Hall–Kier alpha value is -3.22. The monoisotopic (exact) mass is 384 g/mol. The summed E-state index contributed by atoms with van der Waals surface area (Å²) in [4.78, 5) is 23.7. The lowest BCUT2D eigenvalue weighted by Crippen LogP contribution is -2.21. The zero-order chi connectivity index (χ0) is 20.1. The number of hydrogen-bond donors (Lipinski definition) is 2. The maximum atomic E-state index is 12.4. The predicted molar refractivity (Wildman–Crippen MR) is 106 cm³/mol. The largest absolute Gasteiger partial charge is 0.492 e. The molecule has 0 fully saturated rings. The molecule has 28 heavy (non-hydrogen) atoms. The molecule has 0 spiro atoms. The van der Waals surface area contributed by atoms with Gasteiger partial charge in [0.25, 0.3) is 5.91 Å². The van der Waals surface area contributed by atoms with Crippen LogP contribution in [0.4, 0.5) is 11.4 Å². The van der Waals surface area contributed by atoms with Crippen molar-refractivity contribution in [3.63, 3.8) is 0 Å². The van der Waals surface area contributed by atoms with Crippen LogP contribution in [0.25, 0.3) is 0 Å². The van der Waals surface area contributed by atoms with Crippen LogP contribution in [0, 0.1) is 0 Å². The van der Waals surface area contributed by atoms with Gasteiger partial charge < -0.3 is 24.8 Å². The van der Waals surface area contributed by atoms with Gasteiger partial charge >= 0.3 is 0 Å². The third-order valence-corrected chi connectivity index (χ3v) is 4.13. The zero-order valence-corrected chi connectivity index (χ0v) is 16.2. The van der Waals surface area contributed by atoms with Gasteiger partial charge in [-0.25, -0.2) is 0 Å². The first-order chi connectivity index (χ1) is 13.5. The van der Waals surface area contributed by atoms with Gasteiger partial charge in [-0.3, -0.25) is 9.59 Å².